The monoisotopic (exact) mass is 289 g/mol. The van der Waals surface area contributed by atoms with Gasteiger partial charge in [-0.2, -0.15) is 16.4 Å². The number of hydrogen-bond donors (Lipinski definition) is 1. The summed E-state index contributed by atoms with van der Waals surface area (Å²) in [7, 11) is 0. The van der Waals surface area contributed by atoms with Gasteiger partial charge in [-0.1, -0.05) is 24.6 Å². The topological polar surface area (TPSA) is 55.6 Å². The van der Waals surface area contributed by atoms with Crippen molar-refractivity contribution in [1.82, 2.24) is 25.5 Å². The first-order valence-corrected chi connectivity index (χ1v) is 8.26. The summed E-state index contributed by atoms with van der Waals surface area (Å²) in [6, 6.07) is 10.6. The highest BCUT2D eigenvalue weighted by molar-refractivity contribution is 7.99. The molecule has 1 aromatic heterocycles. The number of thioether (sulfide) groups is 1. The van der Waals surface area contributed by atoms with E-state index in [-0.39, 0.29) is 0 Å². The van der Waals surface area contributed by atoms with Crippen LogP contribution in [0.2, 0.25) is 0 Å². The van der Waals surface area contributed by atoms with Crippen LogP contribution in [0.5, 0.6) is 0 Å². The van der Waals surface area contributed by atoms with Crippen LogP contribution >= 0.6 is 11.8 Å². The van der Waals surface area contributed by atoms with Crippen LogP contribution < -0.4 is 5.32 Å². The molecule has 1 heterocycles. The van der Waals surface area contributed by atoms with Crippen molar-refractivity contribution in [3.05, 3.63) is 36.2 Å². The molecular formula is C14H19N5S. The molecule has 3 rings (SSSR count). The van der Waals surface area contributed by atoms with Gasteiger partial charge in [-0.15, -0.1) is 5.10 Å². The first-order valence-electron chi connectivity index (χ1n) is 6.97. The zero-order valence-corrected chi connectivity index (χ0v) is 12.4. The van der Waals surface area contributed by atoms with Crippen molar-refractivity contribution >= 4 is 11.8 Å². The van der Waals surface area contributed by atoms with Crippen LogP contribution in [0.4, 0.5) is 0 Å². The van der Waals surface area contributed by atoms with E-state index in [2.05, 4.69) is 27.1 Å². The van der Waals surface area contributed by atoms with Gasteiger partial charge in [-0.05, 0) is 41.7 Å². The van der Waals surface area contributed by atoms with E-state index >= 15 is 0 Å². The Bertz CT molecular complexity index is 542. The Morgan fingerprint density at radius 3 is 2.95 bits per heavy atom. The summed E-state index contributed by atoms with van der Waals surface area (Å²) in [5.41, 5.74) is 1.00. The van der Waals surface area contributed by atoms with E-state index in [1.54, 1.807) is 4.68 Å². The predicted molar refractivity (Wildman–Crippen MR) is 80.9 cm³/mol. The molecule has 0 aliphatic heterocycles. The van der Waals surface area contributed by atoms with Crippen LogP contribution in [0, 0.1) is 0 Å². The SMILES string of the molecule is CSC1CCCC1NCc1nnnn1-c1ccccc1. The normalized spacial score (nSPS) is 22.2. The summed E-state index contributed by atoms with van der Waals surface area (Å²) in [5, 5.41) is 16.3. The number of rotatable bonds is 5. The van der Waals surface area contributed by atoms with Crippen molar-refractivity contribution < 1.29 is 0 Å². The number of tetrazole rings is 1. The molecule has 6 heteroatoms. The Morgan fingerprint density at radius 2 is 2.15 bits per heavy atom. The lowest BCUT2D eigenvalue weighted by Gasteiger charge is -2.18. The lowest BCUT2D eigenvalue weighted by atomic mass is 10.2. The van der Waals surface area contributed by atoms with Gasteiger partial charge in [0.05, 0.1) is 12.2 Å². The van der Waals surface area contributed by atoms with Crippen LogP contribution in [-0.2, 0) is 6.54 Å². The number of aromatic nitrogens is 4. The second kappa shape index (κ2) is 6.37. The molecule has 1 aliphatic rings. The zero-order chi connectivity index (χ0) is 13.8. The van der Waals surface area contributed by atoms with E-state index < -0.39 is 0 Å². The van der Waals surface area contributed by atoms with Crippen molar-refractivity contribution in [2.45, 2.75) is 37.1 Å². The minimum Gasteiger partial charge on any atom is -0.306 e. The van der Waals surface area contributed by atoms with Crippen LogP contribution in [0.1, 0.15) is 25.1 Å². The van der Waals surface area contributed by atoms with Gasteiger partial charge in [0.1, 0.15) is 0 Å². The van der Waals surface area contributed by atoms with E-state index in [9.17, 15) is 0 Å². The van der Waals surface area contributed by atoms with Gasteiger partial charge in [0.15, 0.2) is 5.82 Å². The maximum atomic E-state index is 4.14. The molecule has 1 aliphatic carbocycles. The Hall–Kier alpha value is -1.40. The van der Waals surface area contributed by atoms with Crippen LogP contribution in [-0.4, -0.2) is 37.8 Å². The predicted octanol–water partition coefficient (Wildman–Crippen LogP) is 2.04. The molecule has 0 saturated heterocycles. The third-order valence-corrected chi connectivity index (χ3v) is 4.98. The molecule has 2 aromatic rings. The van der Waals surface area contributed by atoms with Crippen molar-refractivity contribution in [1.29, 1.82) is 0 Å². The number of para-hydroxylation sites is 1. The summed E-state index contributed by atoms with van der Waals surface area (Å²) in [5.74, 6) is 0.864. The Balaban J connectivity index is 1.68. The van der Waals surface area contributed by atoms with Gasteiger partial charge in [-0.3, -0.25) is 0 Å². The molecule has 2 unspecified atom stereocenters. The molecular weight excluding hydrogens is 270 g/mol. The largest absolute Gasteiger partial charge is 0.306 e. The van der Waals surface area contributed by atoms with Gasteiger partial charge >= 0.3 is 0 Å². The molecule has 0 spiro atoms. The van der Waals surface area contributed by atoms with E-state index in [4.69, 9.17) is 0 Å². The number of benzene rings is 1. The summed E-state index contributed by atoms with van der Waals surface area (Å²) in [6.07, 6.45) is 6.06. The molecule has 2 atom stereocenters. The standard InChI is InChI=1S/C14H19N5S/c1-20-13-9-5-8-12(13)15-10-14-16-17-18-19(14)11-6-3-2-4-7-11/h2-4,6-7,12-13,15H,5,8-10H2,1H3. The quantitative estimate of drug-likeness (QED) is 0.913. The van der Waals surface area contributed by atoms with Crippen molar-refractivity contribution in [2.24, 2.45) is 0 Å². The minimum absolute atomic E-state index is 0.575. The summed E-state index contributed by atoms with van der Waals surface area (Å²) in [4.78, 5) is 0. The maximum absolute atomic E-state index is 4.14. The van der Waals surface area contributed by atoms with Gasteiger partial charge in [-0.25, -0.2) is 0 Å². The van der Waals surface area contributed by atoms with E-state index in [0.29, 0.717) is 12.6 Å². The fourth-order valence-corrected chi connectivity index (χ4v) is 3.71. The third kappa shape index (κ3) is 2.86. The highest BCUT2D eigenvalue weighted by Crippen LogP contribution is 2.28. The molecule has 1 N–H and O–H groups in total. The number of nitrogens with one attached hydrogen (secondary N) is 1. The molecule has 5 nitrogen and oxygen atoms in total. The summed E-state index contributed by atoms with van der Waals surface area (Å²) < 4.78 is 1.80. The molecule has 1 saturated carbocycles. The first kappa shape index (κ1) is 13.6. The second-order valence-corrected chi connectivity index (χ2v) is 6.11. The van der Waals surface area contributed by atoms with Gasteiger partial charge in [0.25, 0.3) is 0 Å². The molecule has 1 fully saturated rings. The van der Waals surface area contributed by atoms with Crippen LogP contribution in [0.3, 0.4) is 0 Å². The van der Waals surface area contributed by atoms with Gasteiger partial charge in [0.2, 0.25) is 0 Å². The number of nitrogens with zero attached hydrogens (tertiary/aromatic N) is 4. The summed E-state index contributed by atoms with van der Waals surface area (Å²) >= 11 is 1.96. The third-order valence-electron chi connectivity index (χ3n) is 3.81. The highest BCUT2D eigenvalue weighted by Gasteiger charge is 2.26. The summed E-state index contributed by atoms with van der Waals surface area (Å²) in [6.45, 7) is 0.712. The average Bonchev–Trinajstić information content (AvgIpc) is 3.14. The Kier molecular flexibility index (Phi) is 4.32. The lowest BCUT2D eigenvalue weighted by Crippen LogP contribution is -2.34. The minimum atomic E-state index is 0.575. The van der Waals surface area contributed by atoms with Crippen LogP contribution in [0.15, 0.2) is 30.3 Å². The zero-order valence-electron chi connectivity index (χ0n) is 11.6. The fourth-order valence-electron chi connectivity index (χ4n) is 2.75. The highest BCUT2D eigenvalue weighted by atomic mass is 32.2. The number of hydrogen-bond acceptors (Lipinski definition) is 5. The van der Waals surface area contributed by atoms with E-state index in [1.165, 1.54) is 19.3 Å². The second-order valence-electron chi connectivity index (χ2n) is 5.03. The van der Waals surface area contributed by atoms with Gasteiger partial charge in [0, 0.05) is 11.3 Å². The molecule has 1 aromatic carbocycles. The van der Waals surface area contributed by atoms with Crippen molar-refractivity contribution in [3.63, 3.8) is 0 Å². The molecule has 20 heavy (non-hydrogen) atoms. The van der Waals surface area contributed by atoms with E-state index in [0.717, 1.165) is 16.8 Å². The first-order chi connectivity index (χ1) is 9.88. The molecule has 0 radical (unpaired) electrons. The Labute approximate surface area is 123 Å². The van der Waals surface area contributed by atoms with Crippen molar-refractivity contribution in [3.8, 4) is 5.69 Å². The lowest BCUT2D eigenvalue weighted by molar-refractivity contribution is 0.515. The fraction of sp³-hybridized carbons (Fsp3) is 0.500. The molecule has 0 bridgehead atoms. The Morgan fingerprint density at radius 1 is 1.30 bits per heavy atom. The maximum Gasteiger partial charge on any atom is 0.170 e. The van der Waals surface area contributed by atoms with E-state index in [1.807, 2.05) is 42.1 Å². The van der Waals surface area contributed by atoms with Crippen molar-refractivity contribution in [2.75, 3.05) is 6.26 Å². The molecule has 106 valence electrons. The van der Waals surface area contributed by atoms with Crippen LogP contribution in [0.25, 0.3) is 5.69 Å². The molecule has 0 amide bonds. The van der Waals surface area contributed by atoms with Gasteiger partial charge < -0.3 is 5.32 Å². The smallest absolute Gasteiger partial charge is 0.170 e. The average molecular weight is 289 g/mol.